The number of ether oxygens (including phenoxy) is 1. The van der Waals surface area contributed by atoms with E-state index in [1.807, 2.05) is 24.3 Å². The average molecular weight is 288 g/mol. The van der Waals surface area contributed by atoms with Crippen LogP contribution in [0.25, 0.3) is 0 Å². The molecule has 0 saturated carbocycles. The van der Waals surface area contributed by atoms with E-state index in [2.05, 4.69) is 31.2 Å². The maximum absolute atomic E-state index is 11.8. The molecule has 1 amide bonds. The Bertz CT molecular complexity index is 609. The number of benzene rings is 1. The summed E-state index contributed by atoms with van der Waals surface area (Å²) in [5, 5.41) is 6.43. The fourth-order valence-corrected chi connectivity index (χ4v) is 1.80. The van der Waals surface area contributed by atoms with Crippen molar-refractivity contribution in [3.63, 3.8) is 0 Å². The quantitative estimate of drug-likeness (QED) is 0.937. The third-order valence-corrected chi connectivity index (χ3v) is 2.99. The lowest BCUT2D eigenvalue weighted by atomic mass is 9.87. The molecule has 0 bridgehead atoms. The van der Waals surface area contributed by atoms with Crippen LogP contribution in [0.1, 0.15) is 32.1 Å². The van der Waals surface area contributed by atoms with Gasteiger partial charge in [0.15, 0.2) is 6.61 Å². The molecule has 0 aliphatic carbocycles. The molecule has 21 heavy (non-hydrogen) atoms. The van der Waals surface area contributed by atoms with Crippen molar-refractivity contribution in [2.45, 2.75) is 33.1 Å². The van der Waals surface area contributed by atoms with Crippen LogP contribution in [0.4, 0.5) is 5.69 Å². The standard InChI is InChI=1S/C16H20N2O3/c1-11-9-15(18-21-11)20-10-14(19)17-13-7-5-12(6-8-13)16(2,3)4/h5-9H,10H2,1-4H3,(H,17,19). The van der Waals surface area contributed by atoms with Crippen molar-refractivity contribution >= 4 is 11.6 Å². The van der Waals surface area contributed by atoms with E-state index in [1.54, 1.807) is 13.0 Å². The number of rotatable bonds is 4. The molecule has 0 radical (unpaired) electrons. The molecule has 0 spiro atoms. The highest BCUT2D eigenvalue weighted by Gasteiger charge is 2.13. The average Bonchev–Trinajstić information content (AvgIpc) is 2.82. The molecule has 1 heterocycles. The minimum atomic E-state index is -0.237. The number of aryl methyl sites for hydroxylation is 1. The molecule has 0 atom stereocenters. The second kappa shape index (κ2) is 5.99. The molecule has 0 saturated heterocycles. The summed E-state index contributed by atoms with van der Waals surface area (Å²) in [6, 6.07) is 9.43. The van der Waals surface area contributed by atoms with Crippen LogP contribution in [0.5, 0.6) is 5.88 Å². The lowest BCUT2D eigenvalue weighted by Gasteiger charge is -2.19. The highest BCUT2D eigenvalue weighted by molar-refractivity contribution is 5.91. The molecule has 5 heteroatoms. The lowest BCUT2D eigenvalue weighted by Crippen LogP contribution is -2.20. The second-order valence-electron chi connectivity index (χ2n) is 5.94. The summed E-state index contributed by atoms with van der Waals surface area (Å²) in [5.74, 6) is 0.716. The zero-order valence-electron chi connectivity index (χ0n) is 12.8. The van der Waals surface area contributed by atoms with Gasteiger partial charge in [0.25, 0.3) is 11.8 Å². The smallest absolute Gasteiger partial charge is 0.262 e. The zero-order chi connectivity index (χ0) is 15.5. The van der Waals surface area contributed by atoms with Gasteiger partial charge in [-0.2, -0.15) is 0 Å². The van der Waals surface area contributed by atoms with Crippen molar-refractivity contribution in [3.05, 3.63) is 41.7 Å². The maximum atomic E-state index is 11.8. The van der Waals surface area contributed by atoms with Gasteiger partial charge < -0.3 is 14.6 Å². The Hall–Kier alpha value is -2.30. The fraction of sp³-hybridized carbons (Fsp3) is 0.375. The first-order valence-electron chi connectivity index (χ1n) is 6.81. The van der Waals surface area contributed by atoms with E-state index in [0.29, 0.717) is 11.6 Å². The van der Waals surface area contributed by atoms with E-state index in [0.717, 1.165) is 5.69 Å². The first-order valence-corrected chi connectivity index (χ1v) is 6.81. The maximum Gasteiger partial charge on any atom is 0.262 e. The summed E-state index contributed by atoms with van der Waals surface area (Å²) in [6.07, 6.45) is 0. The summed E-state index contributed by atoms with van der Waals surface area (Å²) >= 11 is 0. The van der Waals surface area contributed by atoms with Crippen LogP contribution < -0.4 is 10.1 Å². The van der Waals surface area contributed by atoms with Gasteiger partial charge >= 0.3 is 0 Å². The first-order chi connectivity index (χ1) is 9.84. The molecule has 1 aromatic heterocycles. The van der Waals surface area contributed by atoms with E-state index in [1.165, 1.54) is 5.56 Å². The van der Waals surface area contributed by atoms with Gasteiger partial charge in [0.2, 0.25) is 0 Å². The predicted molar refractivity (Wildman–Crippen MR) is 80.5 cm³/mol. The molecule has 5 nitrogen and oxygen atoms in total. The second-order valence-corrected chi connectivity index (χ2v) is 5.94. The van der Waals surface area contributed by atoms with Crippen LogP contribution in [0.3, 0.4) is 0 Å². The monoisotopic (exact) mass is 288 g/mol. The van der Waals surface area contributed by atoms with Crippen molar-refractivity contribution in [1.82, 2.24) is 5.16 Å². The van der Waals surface area contributed by atoms with Crippen molar-refractivity contribution in [2.24, 2.45) is 0 Å². The molecule has 2 aromatic rings. The topological polar surface area (TPSA) is 64.4 Å². The van der Waals surface area contributed by atoms with Gasteiger partial charge in [-0.1, -0.05) is 32.9 Å². The third-order valence-electron chi connectivity index (χ3n) is 2.99. The van der Waals surface area contributed by atoms with Gasteiger partial charge in [0.1, 0.15) is 5.76 Å². The molecule has 0 aliphatic rings. The number of nitrogens with one attached hydrogen (secondary N) is 1. The molecule has 1 N–H and O–H groups in total. The van der Waals surface area contributed by atoms with E-state index in [4.69, 9.17) is 9.26 Å². The largest absolute Gasteiger partial charge is 0.465 e. The van der Waals surface area contributed by atoms with E-state index in [-0.39, 0.29) is 17.9 Å². The zero-order valence-corrected chi connectivity index (χ0v) is 12.8. The first kappa shape index (κ1) is 15.1. The van der Waals surface area contributed by atoms with Crippen molar-refractivity contribution < 1.29 is 14.1 Å². The summed E-state index contributed by atoms with van der Waals surface area (Å²) in [6.45, 7) is 8.10. The van der Waals surface area contributed by atoms with Crippen LogP contribution >= 0.6 is 0 Å². The van der Waals surface area contributed by atoms with Crippen LogP contribution in [0.15, 0.2) is 34.9 Å². The number of amides is 1. The molecule has 0 fully saturated rings. The summed E-state index contributed by atoms with van der Waals surface area (Å²) in [5.41, 5.74) is 2.05. The summed E-state index contributed by atoms with van der Waals surface area (Å²) in [7, 11) is 0. The Morgan fingerprint density at radius 1 is 1.29 bits per heavy atom. The van der Waals surface area contributed by atoms with E-state index >= 15 is 0 Å². The van der Waals surface area contributed by atoms with Gasteiger partial charge in [-0.3, -0.25) is 4.79 Å². The number of anilines is 1. The molecule has 2 rings (SSSR count). The predicted octanol–water partition coefficient (Wildman–Crippen LogP) is 3.30. The minimum Gasteiger partial charge on any atom is -0.465 e. The van der Waals surface area contributed by atoms with Gasteiger partial charge in [-0.25, -0.2) is 0 Å². The number of aromatic nitrogens is 1. The number of nitrogens with zero attached hydrogens (tertiary/aromatic N) is 1. The van der Waals surface area contributed by atoms with Gasteiger partial charge in [-0.15, -0.1) is 0 Å². The van der Waals surface area contributed by atoms with Gasteiger partial charge in [0, 0.05) is 11.8 Å². The fourth-order valence-electron chi connectivity index (χ4n) is 1.80. The SMILES string of the molecule is Cc1cc(OCC(=O)Nc2ccc(C(C)(C)C)cc2)no1. The minimum absolute atomic E-state index is 0.0937. The highest BCUT2D eigenvalue weighted by Crippen LogP contribution is 2.23. The molecule has 0 unspecified atom stereocenters. The third kappa shape index (κ3) is 4.34. The van der Waals surface area contributed by atoms with Gasteiger partial charge in [0.05, 0.1) is 0 Å². The number of hydrogen-bond donors (Lipinski definition) is 1. The van der Waals surface area contributed by atoms with Gasteiger partial charge in [-0.05, 0) is 35.2 Å². The van der Waals surface area contributed by atoms with Crippen LogP contribution in [-0.2, 0) is 10.2 Å². The molecule has 0 aliphatic heterocycles. The van der Waals surface area contributed by atoms with Crippen LogP contribution in [-0.4, -0.2) is 17.7 Å². The van der Waals surface area contributed by atoms with Crippen molar-refractivity contribution in [1.29, 1.82) is 0 Å². The number of carbonyl (C=O) groups excluding carboxylic acids is 1. The molecule has 112 valence electrons. The molecular weight excluding hydrogens is 268 g/mol. The Morgan fingerprint density at radius 2 is 1.95 bits per heavy atom. The highest BCUT2D eigenvalue weighted by atomic mass is 16.5. The lowest BCUT2D eigenvalue weighted by molar-refractivity contribution is -0.118. The number of carbonyl (C=O) groups is 1. The Labute approximate surface area is 124 Å². The molecule has 1 aromatic carbocycles. The molecular formula is C16H20N2O3. The van der Waals surface area contributed by atoms with Crippen molar-refractivity contribution in [3.8, 4) is 5.88 Å². The van der Waals surface area contributed by atoms with Crippen LogP contribution in [0, 0.1) is 6.92 Å². The van der Waals surface area contributed by atoms with Crippen LogP contribution in [0.2, 0.25) is 0 Å². The normalized spacial score (nSPS) is 11.2. The summed E-state index contributed by atoms with van der Waals surface area (Å²) < 4.78 is 10.1. The Morgan fingerprint density at radius 3 is 2.48 bits per heavy atom. The van der Waals surface area contributed by atoms with E-state index < -0.39 is 0 Å². The Kier molecular flexibility index (Phi) is 4.31. The Balaban J connectivity index is 1.88. The van der Waals surface area contributed by atoms with E-state index in [9.17, 15) is 4.79 Å². The number of hydrogen-bond acceptors (Lipinski definition) is 4. The van der Waals surface area contributed by atoms with Crippen molar-refractivity contribution in [2.75, 3.05) is 11.9 Å². The summed E-state index contributed by atoms with van der Waals surface area (Å²) in [4.78, 5) is 11.8.